The van der Waals surface area contributed by atoms with Crippen LogP contribution in [-0.2, 0) is 39.8 Å². The number of benzene rings is 1. The van der Waals surface area contributed by atoms with Gasteiger partial charge in [0.2, 0.25) is 5.89 Å². The molecule has 12 rings (SSSR count). The molecule has 1 spiro atoms. The first-order valence-electron chi connectivity index (χ1n) is 22.8. The summed E-state index contributed by atoms with van der Waals surface area (Å²) in [6.07, 6.45) is 8.25. The van der Waals surface area contributed by atoms with E-state index in [-0.39, 0.29) is 35.9 Å². The van der Waals surface area contributed by atoms with Crippen LogP contribution in [0.3, 0.4) is 0 Å². The minimum Gasteiger partial charge on any atom is -0.464 e. The second-order valence-corrected chi connectivity index (χ2v) is 20.9. The molecule has 1 aromatic carbocycles. The van der Waals surface area contributed by atoms with E-state index in [9.17, 15) is 9.59 Å². The first kappa shape index (κ1) is 41.1. The molecular formula is C48H59N7O8. The van der Waals surface area contributed by atoms with Crippen LogP contribution in [0.4, 0.5) is 0 Å². The molecule has 7 fully saturated rings. The molecule has 8 bridgehead atoms. The summed E-state index contributed by atoms with van der Waals surface area (Å²) in [6.45, 7) is 13.4. The van der Waals surface area contributed by atoms with Crippen LogP contribution >= 0.6 is 0 Å². The number of carbonyl (C=O) groups is 3. The molecule has 2 amide bonds. The first-order chi connectivity index (χ1) is 30.2. The number of likely N-dealkylation sites (tertiary alicyclic amines) is 1. The topological polar surface area (TPSA) is 163 Å². The summed E-state index contributed by atoms with van der Waals surface area (Å²) in [5.74, 6) is -0.516. The molecule has 334 valence electrons. The fourth-order valence-corrected chi connectivity index (χ4v) is 11.3. The molecule has 3 aromatic heterocycles. The summed E-state index contributed by atoms with van der Waals surface area (Å²) in [5.41, 5.74) is 7.99. The summed E-state index contributed by atoms with van der Waals surface area (Å²) in [7, 11) is 1.71. The minimum absolute atomic E-state index is 0.0213. The van der Waals surface area contributed by atoms with E-state index < -0.39 is 40.7 Å². The monoisotopic (exact) mass is 861 g/mol. The van der Waals surface area contributed by atoms with Gasteiger partial charge >= 0.3 is 5.97 Å². The van der Waals surface area contributed by atoms with Crippen LogP contribution < -0.4 is 10.7 Å². The Balaban J connectivity index is 1.06. The molecule has 15 heteroatoms. The standard InChI is InChI=1S/C48H59N7O8/c1-27(59-6)37-31(9-7-15-49-37)39-33-20-45(2,3)24-62-43(57)34-10-8-16-54(52-34)42(56)38(51-44(58)48-18-29(19-48)46(4,5)63-48)40(53-22-47(23-53)25-60-26-47)41-50-35(21-61-41)28-11-14-36(32(33)17-28)55(39)30-12-13-30/h7,9,11,14-15,17,21,27,29-30,34,38,40,52H,8,10,12-13,16,18-20,22-26H2,1-6H3,(H,51,58)/t27-,29?,34-,38-,40-,48?/m0/s1. The first-order valence-corrected chi connectivity index (χ1v) is 22.8. The third-order valence-corrected chi connectivity index (χ3v) is 15.1. The predicted octanol–water partition coefficient (Wildman–Crippen LogP) is 5.84. The van der Waals surface area contributed by atoms with E-state index in [4.69, 9.17) is 33.3 Å². The highest BCUT2D eigenvalue weighted by Gasteiger charge is 2.66. The zero-order chi connectivity index (χ0) is 43.6. The second kappa shape index (κ2) is 14.7. The molecule has 5 saturated heterocycles. The molecule has 15 nitrogen and oxygen atoms in total. The van der Waals surface area contributed by atoms with Crippen LogP contribution in [-0.4, -0.2) is 112 Å². The number of rotatable bonds is 7. The average molecular weight is 862 g/mol. The number of carbonyl (C=O) groups excluding carboxylic acids is 3. The second-order valence-electron chi connectivity index (χ2n) is 20.9. The third kappa shape index (κ3) is 6.83. The Bertz CT molecular complexity index is 2490. The van der Waals surface area contributed by atoms with E-state index >= 15 is 4.79 Å². The Hall–Kier alpha value is -4.67. The maximum Gasteiger partial charge on any atom is 0.324 e. The van der Waals surface area contributed by atoms with Crippen molar-refractivity contribution in [1.29, 1.82) is 0 Å². The lowest BCUT2D eigenvalue weighted by atomic mass is 9.69. The largest absolute Gasteiger partial charge is 0.464 e. The van der Waals surface area contributed by atoms with Gasteiger partial charge in [-0.25, -0.2) is 10.4 Å². The summed E-state index contributed by atoms with van der Waals surface area (Å²) in [6, 6.07) is 8.29. The molecule has 4 atom stereocenters. The Morgan fingerprint density at radius 2 is 1.84 bits per heavy atom. The van der Waals surface area contributed by atoms with Crippen LogP contribution in [0.25, 0.3) is 33.4 Å². The number of hydrogen-bond acceptors (Lipinski definition) is 12. The van der Waals surface area contributed by atoms with Gasteiger partial charge in [-0.15, -0.1) is 0 Å². The van der Waals surface area contributed by atoms with Gasteiger partial charge in [0.05, 0.1) is 42.9 Å². The van der Waals surface area contributed by atoms with Gasteiger partial charge in [0.15, 0.2) is 0 Å². The molecule has 2 N–H and O–H groups in total. The van der Waals surface area contributed by atoms with Crippen LogP contribution in [0, 0.1) is 16.7 Å². The highest BCUT2D eigenvalue weighted by molar-refractivity contribution is 5.96. The number of cyclic esters (lactones) is 1. The molecule has 8 aliphatic rings. The lowest BCUT2D eigenvalue weighted by molar-refractivity contribution is -0.205. The van der Waals surface area contributed by atoms with Crippen molar-refractivity contribution >= 4 is 28.7 Å². The Morgan fingerprint density at radius 1 is 1.05 bits per heavy atom. The van der Waals surface area contributed by atoms with E-state index in [1.807, 2.05) is 33.0 Å². The Morgan fingerprint density at radius 3 is 2.54 bits per heavy atom. The number of oxazole rings is 1. The predicted molar refractivity (Wildman–Crippen MR) is 231 cm³/mol. The maximum absolute atomic E-state index is 15.1. The fourth-order valence-electron chi connectivity index (χ4n) is 11.3. The summed E-state index contributed by atoms with van der Waals surface area (Å²) >= 11 is 0. The molecule has 2 saturated carbocycles. The molecule has 0 unspecified atom stereocenters. The van der Waals surface area contributed by atoms with Crippen molar-refractivity contribution < 1.29 is 37.7 Å². The van der Waals surface area contributed by atoms with Crippen molar-refractivity contribution in [3.05, 3.63) is 59.9 Å². The zero-order valence-electron chi connectivity index (χ0n) is 37.2. The number of aromatic nitrogens is 3. The van der Waals surface area contributed by atoms with Gasteiger partial charge in [-0.2, -0.15) is 0 Å². The molecule has 9 heterocycles. The molecule has 0 radical (unpaired) electrons. The van der Waals surface area contributed by atoms with E-state index in [2.05, 4.69) is 58.3 Å². The van der Waals surface area contributed by atoms with Crippen molar-refractivity contribution in [2.45, 2.75) is 121 Å². The highest BCUT2D eigenvalue weighted by Crippen LogP contribution is 2.58. The summed E-state index contributed by atoms with van der Waals surface area (Å²) < 4.78 is 33.1. The van der Waals surface area contributed by atoms with Gasteiger partial charge in [0.25, 0.3) is 11.8 Å². The smallest absolute Gasteiger partial charge is 0.324 e. The number of hydrazine groups is 1. The number of fused-ring (bicyclic) bond motifs is 7. The number of ether oxygens (including phenoxy) is 4. The number of nitrogens with zero attached hydrogens (tertiary/aromatic N) is 5. The molecular weight excluding hydrogens is 803 g/mol. The lowest BCUT2D eigenvalue weighted by Gasteiger charge is -2.57. The van der Waals surface area contributed by atoms with Crippen molar-refractivity contribution in [3.8, 4) is 22.5 Å². The molecule has 4 aromatic rings. The van der Waals surface area contributed by atoms with Crippen LogP contribution in [0.5, 0.6) is 0 Å². The van der Waals surface area contributed by atoms with E-state index in [1.165, 1.54) is 5.01 Å². The van der Waals surface area contributed by atoms with Gasteiger partial charge in [0.1, 0.15) is 35.7 Å². The van der Waals surface area contributed by atoms with Gasteiger partial charge in [-0.3, -0.25) is 29.3 Å². The quantitative estimate of drug-likeness (QED) is 0.214. The van der Waals surface area contributed by atoms with Gasteiger partial charge in [-0.1, -0.05) is 19.9 Å². The number of amides is 2. The van der Waals surface area contributed by atoms with Crippen LogP contribution in [0.1, 0.15) is 108 Å². The van der Waals surface area contributed by atoms with Gasteiger partial charge in [-0.05, 0) is 101 Å². The Labute approximate surface area is 367 Å². The average Bonchev–Trinajstić information content (AvgIpc) is 3.63. The summed E-state index contributed by atoms with van der Waals surface area (Å²) in [4.78, 5) is 56.0. The maximum atomic E-state index is 15.1. The minimum atomic E-state index is -1.12. The van der Waals surface area contributed by atoms with Crippen LogP contribution in [0.2, 0.25) is 0 Å². The van der Waals surface area contributed by atoms with Gasteiger partial charge in [0, 0.05) is 71.8 Å². The highest BCUT2D eigenvalue weighted by atomic mass is 16.5. The molecule has 63 heavy (non-hydrogen) atoms. The number of methoxy groups -OCH3 is 1. The number of hydrogen-bond donors (Lipinski definition) is 2. The van der Waals surface area contributed by atoms with Crippen molar-refractivity contribution in [2.75, 3.05) is 46.6 Å². The molecule has 2 aliphatic carbocycles. The number of esters is 1. The number of pyridine rings is 1. The van der Waals surface area contributed by atoms with E-state index in [1.54, 1.807) is 13.4 Å². The van der Waals surface area contributed by atoms with Crippen molar-refractivity contribution in [3.63, 3.8) is 0 Å². The fraction of sp³-hybridized carbons (Fsp3) is 0.604. The zero-order valence-corrected chi connectivity index (χ0v) is 37.2. The lowest BCUT2D eigenvalue weighted by Crippen LogP contribution is -2.70. The van der Waals surface area contributed by atoms with Crippen LogP contribution in [0.15, 0.2) is 47.2 Å². The molecule has 6 aliphatic heterocycles. The SMILES string of the molecule is CO[C@@H](C)c1ncccc1-c1c2c3cc(ccc3n1C1CC1)-c1coc(n1)[C@@H](N1CC3(COC3)C1)[C@H](NC(=O)C13CC(C1)C(C)(C)O3)C(=O)N1CCC[C@H](N1)C(=O)OCC(C)(C)C2. The van der Waals surface area contributed by atoms with Crippen molar-refractivity contribution in [1.82, 2.24) is 35.2 Å². The van der Waals surface area contributed by atoms with Crippen molar-refractivity contribution in [2.24, 2.45) is 16.7 Å². The number of nitrogens with one attached hydrogen (secondary N) is 2. The Kier molecular flexibility index (Phi) is 9.57. The van der Waals surface area contributed by atoms with E-state index in [0.29, 0.717) is 82.6 Å². The van der Waals surface area contributed by atoms with E-state index in [0.717, 1.165) is 51.8 Å². The normalized spacial score (nSPS) is 30.2. The summed E-state index contributed by atoms with van der Waals surface area (Å²) in [5, 5.41) is 5.78. The third-order valence-electron chi connectivity index (χ3n) is 15.1. The van der Waals surface area contributed by atoms with Gasteiger partial charge < -0.3 is 33.2 Å².